The molecule has 0 aliphatic rings. The molecule has 0 aliphatic carbocycles. The van der Waals surface area contributed by atoms with Crippen LogP contribution in [0.5, 0.6) is 11.5 Å². The van der Waals surface area contributed by atoms with Crippen molar-refractivity contribution in [3.05, 3.63) is 75.7 Å². The zero-order valence-electron chi connectivity index (χ0n) is 13.4. The van der Waals surface area contributed by atoms with Gasteiger partial charge >= 0.3 is 11.0 Å². The zero-order valence-corrected chi connectivity index (χ0v) is 15.1. The lowest BCUT2D eigenvalue weighted by Crippen LogP contribution is -2.04. The van der Waals surface area contributed by atoms with Crippen LogP contribution in [-0.2, 0) is 9.84 Å². The molecule has 3 aromatic rings. The Morgan fingerprint density at radius 2 is 1.70 bits per heavy atom. The van der Waals surface area contributed by atoms with Crippen molar-refractivity contribution in [1.29, 1.82) is 0 Å². The quantitative estimate of drug-likeness (QED) is 0.486. The van der Waals surface area contributed by atoms with E-state index in [-0.39, 0.29) is 10.6 Å². The molecule has 0 amide bonds. The lowest BCUT2D eigenvalue weighted by molar-refractivity contribution is -0.383. The Morgan fingerprint density at radius 3 is 2.33 bits per heavy atom. The number of nitro groups is 1. The summed E-state index contributed by atoms with van der Waals surface area (Å²) in [5.41, 5.74) is 0. The monoisotopic (exact) mass is 405 g/mol. The first-order valence-electron chi connectivity index (χ1n) is 7.38. The van der Waals surface area contributed by atoms with Crippen LogP contribution in [0.3, 0.4) is 0 Å². The van der Waals surface area contributed by atoms with Crippen LogP contribution in [0.2, 0.25) is 0 Å². The summed E-state index contributed by atoms with van der Waals surface area (Å²) in [7, 11) is -4.32. The van der Waals surface area contributed by atoms with Gasteiger partial charge in [0, 0.05) is 0 Å². The minimum atomic E-state index is -4.32. The normalized spacial score (nSPS) is 11.1. The molecule has 1 N–H and O–H groups in total. The third-order valence-electron chi connectivity index (χ3n) is 3.44. The van der Waals surface area contributed by atoms with E-state index in [0.717, 1.165) is 6.07 Å². The second-order valence-electron chi connectivity index (χ2n) is 5.24. The van der Waals surface area contributed by atoms with Gasteiger partial charge in [-0.15, -0.1) is 0 Å². The molecule has 1 heterocycles. The molecule has 2 aromatic carbocycles. The molecular weight excluding hydrogens is 394 g/mol. The van der Waals surface area contributed by atoms with Crippen LogP contribution >= 0.6 is 11.3 Å². The Labute approximate surface area is 157 Å². The molecule has 0 spiro atoms. The van der Waals surface area contributed by atoms with E-state index in [1.807, 2.05) is 0 Å². The fraction of sp³-hybridized carbons (Fsp3) is 0. The highest BCUT2D eigenvalue weighted by Crippen LogP contribution is 2.37. The largest absolute Gasteiger partial charge is 0.477 e. The standard InChI is InChI=1S/C17H11NO7S2/c19-17(20)14-10-15(16(26-14)18(21)22)27(23,24)13-8-4-7-12(9-13)25-11-5-2-1-3-6-11/h1-10H,(H,19,20). The maximum Gasteiger partial charge on any atom is 0.346 e. The summed E-state index contributed by atoms with van der Waals surface area (Å²) < 4.78 is 31.3. The highest BCUT2D eigenvalue weighted by atomic mass is 32.2. The number of para-hydroxylation sites is 1. The molecule has 0 fully saturated rings. The van der Waals surface area contributed by atoms with E-state index in [4.69, 9.17) is 9.84 Å². The number of rotatable bonds is 6. The molecule has 3 rings (SSSR count). The highest BCUT2D eigenvalue weighted by Gasteiger charge is 2.32. The van der Waals surface area contributed by atoms with Crippen molar-refractivity contribution < 1.29 is 28.0 Å². The van der Waals surface area contributed by atoms with E-state index >= 15 is 0 Å². The number of benzene rings is 2. The van der Waals surface area contributed by atoms with E-state index < -0.39 is 35.5 Å². The lowest BCUT2D eigenvalue weighted by Gasteiger charge is -2.08. The SMILES string of the molecule is O=C(O)c1cc(S(=O)(=O)c2cccc(Oc3ccccc3)c2)c([N+](=O)[O-])s1. The summed E-state index contributed by atoms with van der Waals surface area (Å²) >= 11 is 0.295. The van der Waals surface area contributed by atoms with Crippen molar-refractivity contribution in [1.82, 2.24) is 0 Å². The molecule has 10 heteroatoms. The van der Waals surface area contributed by atoms with Gasteiger partial charge < -0.3 is 9.84 Å². The van der Waals surface area contributed by atoms with Gasteiger partial charge in [-0.3, -0.25) is 10.1 Å². The number of hydrogen-bond acceptors (Lipinski definition) is 7. The van der Waals surface area contributed by atoms with Gasteiger partial charge in [0.15, 0.2) is 4.90 Å². The van der Waals surface area contributed by atoms with Gasteiger partial charge in [0.25, 0.3) is 0 Å². The van der Waals surface area contributed by atoms with E-state index in [9.17, 15) is 23.3 Å². The molecule has 1 aromatic heterocycles. The molecule has 27 heavy (non-hydrogen) atoms. The molecule has 0 radical (unpaired) electrons. The first-order chi connectivity index (χ1) is 12.8. The van der Waals surface area contributed by atoms with Gasteiger partial charge in [0.1, 0.15) is 16.4 Å². The van der Waals surface area contributed by atoms with Crippen molar-refractivity contribution in [2.45, 2.75) is 9.79 Å². The Bertz CT molecular complexity index is 1120. The molecule has 0 aliphatic heterocycles. The molecule has 0 saturated carbocycles. The molecule has 138 valence electrons. The van der Waals surface area contributed by atoms with Crippen LogP contribution in [-0.4, -0.2) is 24.4 Å². The van der Waals surface area contributed by atoms with E-state index in [2.05, 4.69) is 0 Å². The third kappa shape index (κ3) is 3.81. The zero-order chi connectivity index (χ0) is 19.6. The predicted molar refractivity (Wildman–Crippen MR) is 96.3 cm³/mol. The van der Waals surface area contributed by atoms with Crippen molar-refractivity contribution in [2.75, 3.05) is 0 Å². The van der Waals surface area contributed by atoms with Crippen molar-refractivity contribution in [3.63, 3.8) is 0 Å². The highest BCUT2D eigenvalue weighted by molar-refractivity contribution is 7.91. The molecular formula is C17H11NO7S2. The third-order valence-corrected chi connectivity index (χ3v) is 6.41. The first-order valence-corrected chi connectivity index (χ1v) is 9.68. The van der Waals surface area contributed by atoms with Gasteiger partial charge in [0.05, 0.1) is 9.82 Å². The minimum absolute atomic E-state index is 0.221. The fourth-order valence-electron chi connectivity index (χ4n) is 2.25. The number of hydrogen-bond donors (Lipinski definition) is 1. The van der Waals surface area contributed by atoms with Crippen LogP contribution in [0.25, 0.3) is 0 Å². The number of sulfone groups is 1. The van der Waals surface area contributed by atoms with Crippen LogP contribution in [0.4, 0.5) is 5.00 Å². The van der Waals surface area contributed by atoms with Crippen LogP contribution < -0.4 is 4.74 Å². The second-order valence-corrected chi connectivity index (χ2v) is 8.18. The van der Waals surface area contributed by atoms with Gasteiger partial charge in [0.2, 0.25) is 9.84 Å². The topological polar surface area (TPSA) is 124 Å². The molecule has 0 saturated heterocycles. The summed E-state index contributed by atoms with van der Waals surface area (Å²) in [5, 5.41) is 19.5. The number of carbonyl (C=O) groups is 1. The second kappa shape index (κ2) is 7.17. The maximum absolute atomic E-state index is 12.9. The lowest BCUT2D eigenvalue weighted by atomic mass is 10.3. The molecule has 8 nitrogen and oxygen atoms in total. The van der Waals surface area contributed by atoms with E-state index in [1.165, 1.54) is 24.3 Å². The Kier molecular flexibility index (Phi) is 4.93. The summed E-state index contributed by atoms with van der Waals surface area (Å²) in [5.74, 6) is -0.731. The van der Waals surface area contributed by atoms with E-state index in [1.54, 1.807) is 30.3 Å². The maximum atomic E-state index is 12.9. The number of aromatic carboxylic acids is 1. The molecule has 0 bridgehead atoms. The fourth-order valence-corrected chi connectivity index (χ4v) is 4.84. The van der Waals surface area contributed by atoms with E-state index in [0.29, 0.717) is 17.1 Å². The number of nitrogens with zero attached hydrogens (tertiary/aromatic N) is 1. The van der Waals surface area contributed by atoms with Crippen LogP contribution in [0, 0.1) is 10.1 Å². The Balaban J connectivity index is 2.04. The van der Waals surface area contributed by atoms with Gasteiger partial charge in [-0.1, -0.05) is 35.6 Å². The Hall–Kier alpha value is -3.24. The van der Waals surface area contributed by atoms with Gasteiger partial charge in [-0.25, -0.2) is 13.2 Å². The van der Waals surface area contributed by atoms with Crippen molar-refractivity contribution in [2.24, 2.45) is 0 Å². The summed E-state index contributed by atoms with van der Waals surface area (Å²) in [6.07, 6.45) is 0. The Morgan fingerprint density at radius 1 is 1.04 bits per heavy atom. The number of carboxylic acids is 1. The number of thiophene rings is 1. The summed E-state index contributed by atoms with van der Waals surface area (Å²) in [6.45, 7) is 0. The number of carboxylic acid groups (broad SMARTS) is 1. The summed E-state index contributed by atoms with van der Waals surface area (Å²) in [6, 6.07) is 14.9. The molecule has 0 atom stereocenters. The average molecular weight is 405 g/mol. The van der Waals surface area contributed by atoms with Crippen molar-refractivity contribution >= 4 is 32.1 Å². The minimum Gasteiger partial charge on any atom is -0.477 e. The first kappa shape index (κ1) is 18.5. The summed E-state index contributed by atoms with van der Waals surface area (Å²) in [4.78, 5) is 20.0. The smallest absolute Gasteiger partial charge is 0.346 e. The van der Waals surface area contributed by atoms with Crippen molar-refractivity contribution in [3.8, 4) is 11.5 Å². The molecule has 0 unspecified atom stereocenters. The predicted octanol–water partition coefficient (Wildman–Crippen LogP) is 3.98. The van der Waals surface area contributed by atoms with Crippen LogP contribution in [0.1, 0.15) is 9.67 Å². The van der Waals surface area contributed by atoms with Gasteiger partial charge in [-0.05, 0) is 36.4 Å². The van der Waals surface area contributed by atoms with Crippen LogP contribution in [0.15, 0.2) is 70.5 Å². The average Bonchev–Trinajstić information content (AvgIpc) is 3.10. The number of ether oxygens (including phenoxy) is 1. The van der Waals surface area contributed by atoms with Gasteiger partial charge in [-0.2, -0.15) is 0 Å².